The van der Waals surface area contributed by atoms with Gasteiger partial charge in [-0.2, -0.15) is 0 Å². The van der Waals surface area contributed by atoms with Gasteiger partial charge in [0, 0.05) is 15.8 Å². The van der Waals surface area contributed by atoms with Gasteiger partial charge in [0.05, 0.1) is 5.41 Å². The molecule has 0 aliphatic carbocycles. The quantitative estimate of drug-likeness (QED) is 0.738. The van der Waals surface area contributed by atoms with Gasteiger partial charge in [0.25, 0.3) is 0 Å². The van der Waals surface area contributed by atoms with E-state index >= 15 is 0 Å². The average Bonchev–Trinajstić information content (AvgIpc) is 2.39. The molecule has 0 amide bonds. The molecule has 2 aromatic carbocycles. The predicted octanol–water partition coefficient (Wildman–Crippen LogP) is 5.34. The minimum Gasteiger partial charge on any atom is -0.309 e. The second kappa shape index (κ2) is 5.36. The van der Waals surface area contributed by atoms with Crippen LogP contribution in [0, 0.1) is 5.41 Å². The summed E-state index contributed by atoms with van der Waals surface area (Å²) in [6, 6.07) is 15.3. The zero-order valence-electron chi connectivity index (χ0n) is 10.9. The molecule has 3 heteroatoms. The van der Waals surface area contributed by atoms with E-state index in [4.69, 9.17) is 28.6 Å². The van der Waals surface area contributed by atoms with Gasteiger partial charge in [-0.05, 0) is 49.2 Å². The van der Waals surface area contributed by atoms with Gasteiger partial charge in [0.2, 0.25) is 0 Å². The lowest BCUT2D eigenvalue weighted by Crippen LogP contribution is -2.31. The second-order valence-corrected chi connectivity index (χ2v) is 5.64. The molecule has 2 rings (SSSR count). The van der Waals surface area contributed by atoms with E-state index in [0.717, 1.165) is 11.1 Å². The summed E-state index contributed by atoms with van der Waals surface area (Å²) in [5.74, 6) is 0. The van der Waals surface area contributed by atoms with Gasteiger partial charge in [-0.15, -0.1) is 0 Å². The summed E-state index contributed by atoms with van der Waals surface area (Å²) < 4.78 is 0. The summed E-state index contributed by atoms with van der Waals surface area (Å²) in [6.07, 6.45) is 0. The Bertz CT molecular complexity index is 540. The molecule has 0 heterocycles. The van der Waals surface area contributed by atoms with Crippen LogP contribution in [0.3, 0.4) is 0 Å². The van der Waals surface area contributed by atoms with Crippen LogP contribution in [-0.4, -0.2) is 5.71 Å². The number of hydrogen-bond acceptors (Lipinski definition) is 1. The molecule has 0 aromatic heterocycles. The van der Waals surface area contributed by atoms with E-state index in [-0.39, 0.29) is 0 Å². The molecule has 0 spiro atoms. The Morgan fingerprint density at radius 3 is 1.42 bits per heavy atom. The second-order valence-electron chi connectivity index (χ2n) is 4.76. The van der Waals surface area contributed by atoms with Gasteiger partial charge >= 0.3 is 0 Å². The third-order valence-corrected chi connectivity index (χ3v) is 4.10. The van der Waals surface area contributed by atoms with Crippen LogP contribution in [0.2, 0.25) is 10.0 Å². The Hall–Kier alpha value is -1.31. The molecule has 0 atom stereocenters. The van der Waals surface area contributed by atoms with Gasteiger partial charge in [-0.25, -0.2) is 0 Å². The van der Waals surface area contributed by atoms with Crippen LogP contribution >= 0.6 is 23.2 Å². The fraction of sp³-hybridized carbons (Fsp3) is 0.188. The highest BCUT2D eigenvalue weighted by Crippen LogP contribution is 2.34. The normalized spacial score (nSPS) is 11.4. The molecule has 0 fully saturated rings. The van der Waals surface area contributed by atoms with E-state index in [1.807, 2.05) is 62.4 Å². The first kappa shape index (κ1) is 14.1. The maximum absolute atomic E-state index is 8.16. The van der Waals surface area contributed by atoms with Gasteiger partial charge in [0.15, 0.2) is 0 Å². The lowest BCUT2D eigenvalue weighted by molar-refractivity contribution is 0.762. The molecule has 1 nitrogen and oxygen atoms in total. The zero-order chi connectivity index (χ0) is 14.0. The van der Waals surface area contributed by atoms with Crippen LogP contribution in [0.4, 0.5) is 0 Å². The van der Waals surface area contributed by atoms with Gasteiger partial charge in [-0.3, -0.25) is 0 Å². The fourth-order valence-electron chi connectivity index (χ4n) is 2.17. The molecule has 1 N–H and O–H groups in total. The Kier molecular flexibility index (Phi) is 3.98. The minimum absolute atomic E-state index is 0.463. The molecule has 0 aliphatic rings. The predicted molar refractivity (Wildman–Crippen MR) is 82.8 cm³/mol. The fourth-order valence-corrected chi connectivity index (χ4v) is 2.42. The van der Waals surface area contributed by atoms with Gasteiger partial charge in [0.1, 0.15) is 0 Å². The summed E-state index contributed by atoms with van der Waals surface area (Å²) in [5, 5.41) is 9.56. The monoisotopic (exact) mass is 291 g/mol. The van der Waals surface area contributed by atoms with Crippen molar-refractivity contribution in [3.63, 3.8) is 0 Å². The Morgan fingerprint density at radius 1 is 0.842 bits per heavy atom. The Labute approximate surface area is 123 Å². The summed E-state index contributed by atoms with van der Waals surface area (Å²) in [6.45, 7) is 3.87. The number of benzene rings is 2. The highest BCUT2D eigenvalue weighted by Gasteiger charge is 2.31. The smallest absolute Gasteiger partial charge is 0.0546 e. The van der Waals surface area contributed by atoms with Gasteiger partial charge < -0.3 is 5.41 Å². The number of nitrogens with one attached hydrogen (secondary N) is 1. The summed E-state index contributed by atoms with van der Waals surface area (Å²) in [5.41, 5.74) is 2.21. The van der Waals surface area contributed by atoms with Crippen LogP contribution in [0.15, 0.2) is 48.5 Å². The van der Waals surface area contributed by atoms with Crippen molar-refractivity contribution in [3.05, 3.63) is 69.7 Å². The molecule has 19 heavy (non-hydrogen) atoms. The first-order chi connectivity index (χ1) is 8.94. The van der Waals surface area contributed by atoms with Crippen molar-refractivity contribution in [2.24, 2.45) is 0 Å². The van der Waals surface area contributed by atoms with E-state index in [2.05, 4.69) is 0 Å². The van der Waals surface area contributed by atoms with E-state index in [1.54, 1.807) is 0 Å². The SMILES string of the molecule is CC(=N)C(C)(c1ccc(Cl)cc1)c1ccc(Cl)cc1. The molecule has 0 saturated carbocycles. The third-order valence-electron chi connectivity index (χ3n) is 3.59. The van der Waals surface area contributed by atoms with Crippen molar-refractivity contribution in [1.82, 2.24) is 0 Å². The van der Waals surface area contributed by atoms with Crippen molar-refractivity contribution >= 4 is 28.9 Å². The number of rotatable bonds is 3. The van der Waals surface area contributed by atoms with Crippen molar-refractivity contribution in [3.8, 4) is 0 Å². The van der Waals surface area contributed by atoms with Crippen molar-refractivity contribution < 1.29 is 0 Å². The van der Waals surface area contributed by atoms with Crippen LogP contribution in [0.1, 0.15) is 25.0 Å². The van der Waals surface area contributed by atoms with Crippen LogP contribution in [-0.2, 0) is 5.41 Å². The van der Waals surface area contributed by atoms with E-state index in [9.17, 15) is 0 Å². The summed E-state index contributed by atoms with van der Waals surface area (Å²) in [4.78, 5) is 0. The van der Waals surface area contributed by atoms with Crippen molar-refractivity contribution in [2.45, 2.75) is 19.3 Å². The molecule has 0 radical (unpaired) electrons. The molecular weight excluding hydrogens is 277 g/mol. The van der Waals surface area contributed by atoms with Crippen LogP contribution in [0.25, 0.3) is 0 Å². The number of halogens is 2. The molecule has 0 saturated heterocycles. The maximum Gasteiger partial charge on any atom is 0.0546 e. The van der Waals surface area contributed by atoms with E-state index in [1.165, 1.54) is 0 Å². The van der Waals surface area contributed by atoms with Crippen molar-refractivity contribution in [2.75, 3.05) is 0 Å². The van der Waals surface area contributed by atoms with Gasteiger partial charge in [-0.1, -0.05) is 47.5 Å². The lowest BCUT2D eigenvalue weighted by atomic mass is 9.73. The molecular formula is C16H15Cl2N. The maximum atomic E-state index is 8.16. The summed E-state index contributed by atoms with van der Waals surface area (Å²) >= 11 is 11.9. The third kappa shape index (κ3) is 2.68. The minimum atomic E-state index is -0.463. The highest BCUT2D eigenvalue weighted by atomic mass is 35.5. The largest absolute Gasteiger partial charge is 0.309 e. The lowest BCUT2D eigenvalue weighted by Gasteiger charge is -2.30. The molecule has 0 unspecified atom stereocenters. The zero-order valence-corrected chi connectivity index (χ0v) is 12.4. The Balaban J connectivity index is 2.57. The van der Waals surface area contributed by atoms with Crippen molar-refractivity contribution in [1.29, 1.82) is 5.41 Å². The van der Waals surface area contributed by atoms with Crippen LogP contribution in [0.5, 0.6) is 0 Å². The molecule has 98 valence electrons. The standard InChI is InChI=1S/C16H15Cl2N/c1-11(19)16(2,12-3-7-14(17)8-4-12)13-5-9-15(18)10-6-13/h3-10,19H,1-2H3. The van der Waals surface area contributed by atoms with E-state index < -0.39 is 5.41 Å². The topological polar surface area (TPSA) is 23.9 Å². The highest BCUT2D eigenvalue weighted by molar-refractivity contribution is 6.30. The first-order valence-corrected chi connectivity index (χ1v) is 6.78. The van der Waals surface area contributed by atoms with Crippen LogP contribution < -0.4 is 0 Å². The molecule has 2 aromatic rings. The first-order valence-electron chi connectivity index (χ1n) is 6.02. The summed E-state index contributed by atoms with van der Waals surface area (Å²) in [7, 11) is 0. The molecule has 0 bridgehead atoms. The Morgan fingerprint density at radius 2 is 1.16 bits per heavy atom. The van der Waals surface area contributed by atoms with E-state index in [0.29, 0.717) is 15.8 Å². The average molecular weight is 292 g/mol. The number of hydrogen-bond donors (Lipinski definition) is 1. The molecule has 0 aliphatic heterocycles.